The van der Waals surface area contributed by atoms with Gasteiger partial charge in [0.1, 0.15) is 5.75 Å². The van der Waals surface area contributed by atoms with E-state index < -0.39 is 15.6 Å². The van der Waals surface area contributed by atoms with Crippen molar-refractivity contribution in [2.24, 2.45) is 0 Å². The van der Waals surface area contributed by atoms with Gasteiger partial charge < -0.3 is 4.18 Å². The summed E-state index contributed by atoms with van der Waals surface area (Å²) in [5.41, 5.74) is -3.98. The van der Waals surface area contributed by atoms with Crippen LogP contribution in [0.3, 0.4) is 0 Å². The lowest BCUT2D eigenvalue weighted by Gasteiger charge is -2.15. The normalized spacial score (nSPS) is 13.1. The standard InChI is InChI=1S/C13H17F3O3S/c1-8(2)10-5-11(9(3)4)7-12(6-10)19-20(17,18)13(14,15)16/h5-9H,1-4H3. The van der Waals surface area contributed by atoms with E-state index in [-0.39, 0.29) is 17.6 Å². The molecule has 0 heterocycles. The maximum atomic E-state index is 12.3. The van der Waals surface area contributed by atoms with Crippen LogP contribution in [0.5, 0.6) is 5.75 Å². The topological polar surface area (TPSA) is 43.4 Å². The van der Waals surface area contributed by atoms with Crippen LogP contribution in [0.4, 0.5) is 13.2 Å². The fourth-order valence-corrected chi connectivity index (χ4v) is 1.98. The average molecular weight is 310 g/mol. The third-order valence-electron chi connectivity index (χ3n) is 2.77. The Balaban J connectivity index is 3.26. The number of halogens is 3. The maximum Gasteiger partial charge on any atom is 0.534 e. The van der Waals surface area contributed by atoms with Gasteiger partial charge in [-0.3, -0.25) is 0 Å². The number of benzene rings is 1. The van der Waals surface area contributed by atoms with Crippen molar-refractivity contribution >= 4 is 10.1 Å². The minimum atomic E-state index is -5.64. The van der Waals surface area contributed by atoms with Gasteiger partial charge in [-0.15, -0.1) is 0 Å². The van der Waals surface area contributed by atoms with Crippen molar-refractivity contribution in [1.82, 2.24) is 0 Å². The largest absolute Gasteiger partial charge is 0.534 e. The molecule has 0 saturated carbocycles. The predicted molar refractivity (Wildman–Crippen MR) is 70.2 cm³/mol. The Hall–Kier alpha value is -1.24. The van der Waals surface area contributed by atoms with Crippen LogP contribution in [-0.2, 0) is 10.1 Å². The monoisotopic (exact) mass is 310 g/mol. The van der Waals surface area contributed by atoms with Crippen molar-refractivity contribution in [1.29, 1.82) is 0 Å². The second kappa shape index (κ2) is 5.63. The molecule has 3 nitrogen and oxygen atoms in total. The van der Waals surface area contributed by atoms with Crippen LogP contribution in [0, 0.1) is 0 Å². The zero-order chi connectivity index (χ0) is 15.7. The smallest absolute Gasteiger partial charge is 0.376 e. The first-order chi connectivity index (χ1) is 8.94. The molecule has 114 valence electrons. The molecule has 0 spiro atoms. The molecule has 0 N–H and O–H groups in total. The first-order valence-electron chi connectivity index (χ1n) is 6.09. The van der Waals surface area contributed by atoms with E-state index in [1.165, 1.54) is 12.1 Å². The molecule has 1 rings (SSSR count). The Morgan fingerprint density at radius 2 is 1.35 bits per heavy atom. The van der Waals surface area contributed by atoms with Gasteiger partial charge in [-0.1, -0.05) is 33.8 Å². The molecular formula is C13H17F3O3S. The summed E-state index contributed by atoms with van der Waals surface area (Å²) in [5, 5.41) is 0. The van der Waals surface area contributed by atoms with E-state index in [9.17, 15) is 21.6 Å². The molecule has 0 radical (unpaired) electrons. The number of rotatable bonds is 4. The highest BCUT2D eigenvalue weighted by Crippen LogP contribution is 2.31. The summed E-state index contributed by atoms with van der Waals surface area (Å²) in [4.78, 5) is 0. The molecule has 0 aromatic heterocycles. The minimum Gasteiger partial charge on any atom is -0.376 e. The molecule has 1 aromatic carbocycles. The van der Waals surface area contributed by atoms with Crippen LogP contribution in [0.15, 0.2) is 18.2 Å². The van der Waals surface area contributed by atoms with Gasteiger partial charge in [0.25, 0.3) is 0 Å². The quantitative estimate of drug-likeness (QED) is 0.619. The van der Waals surface area contributed by atoms with Gasteiger partial charge >= 0.3 is 15.6 Å². The summed E-state index contributed by atoms with van der Waals surface area (Å²) in [5.74, 6) is -0.216. The molecule has 20 heavy (non-hydrogen) atoms. The lowest BCUT2D eigenvalue weighted by molar-refractivity contribution is -0.0500. The van der Waals surface area contributed by atoms with Crippen molar-refractivity contribution < 1.29 is 25.8 Å². The highest BCUT2D eigenvalue weighted by molar-refractivity contribution is 7.88. The van der Waals surface area contributed by atoms with Gasteiger partial charge in [-0.05, 0) is 35.1 Å². The van der Waals surface area contributed by atoms with Crippen molar-refractivity contribution in [2.75, 3.05) is 0 Å². The van der Waals surface area contributed by atoms with Crippen molar-refractivity contribution in [3.63, 3.8) is 0 Å². The number of hydrogen-bond donors (Lipinski definition) is 0. The molecule has 0 fully saturated rings. The zero-order valence-electron chi connectivity index (χ0n) is 11.7. The van der Waals surface area contributed by atoms with Crippen molar-refractivity contribution in [3.05, 3.63) is 29.3 Å². The second-order valence-electron chi connectivity index (χ2n) is 5.13. The van der Waals surface area contributed by atoms with E-state index >= 15 is 0 Å². The summed E-state index contributed by atoms with van der Waals surface area (Å²) < 4.78 is 63.2. The first-order valence-corrected chi connectivity index (χ1v) is 7.50. The molecule has 0 amide bonds. The van der Waals surface area contributed by atoms with E-state index in [2.05, 4.69) is 4.18 Å². The summed E-state index contributed by atoms with van der Waals surface area (Å²) >= 11 is 0. The van der Waals surface area contributed by atoms with Crippen molar-refractivity contribution in [2.45, 2.75) is 45.0 Å². The Morgan fingerprint density at radius 3 is 1.65 bits per heavy atom. The van der Waals surface area contributed by atoms with Gasteiger partial charge in [0, 0.05) is 0 Å². The Kier molecular flexibility index (Phi) is 4.74. The van der Waals surface area contributed by atoms with Crippen LogP contribution >= 0.6 is 0 Å². The molecule has 0 aliphatic rings. The first kappa shape index (κ1) is 16.8. The fraction of sp³-hybridized carbons (Fsp3) is 0.538. The van der Waals surface area contributed by atoms with E-state index in [1.807, 2.05) is 33.8 Å². The van der Waals surface area contributed by atoms with Crippen LogP contribution in [0.1, 0.15) is 50.7 Å². The maximum absolute atomic E-state index is 12.3. The third kappa shape index (κ3) is 3.88. The molecular weight excluding hydrogens is 293 g/mol. The van der Waals surface area contributed by atoms with Gasteiger partial charge in [0.05, 0.1) is 0 Å². The Bertz CT molecular complexity index is 549. The molecule has 0 aliphatic carbocycles. The Morgan fingerprint density at radius 1 is 0.950 bits per heavy atom. The lowest BCUT2D eigenvalue weighted by atomic mass is 9.95. The third-order valence-corrected chi connectivity index (χ3v) is 3.75. The van der Waals surface area contributed by atoms with Gasteiger partial charge in [-0.25, -0.2) is 0 Å². The van der Waals surface area contributed by atoms with Gasteiger partial charge in [0.2, 0.25) is 0 Å². The van der Waals surface area contributed by atoms with E-state index in [0.717, 1.165) is 11.1 Å². The molecule has 0 aliphatic heterocycles. The van der Waals surface area contributed by atoms with Crippen molar-refractivity contribution in [3.8, 4) is 5.75 Å². The lowest BCUT2D eigenvalue weighted by Crippen LogP contribution is -2.28. The highest BCUT2D eigenvalue weighted by atomic mass is 32.2. The summed E-state index contributed by atoms with van der Waals surface area (Å²) in [7, 11) is -5.64. The van der Waals surface area contributed by atoms with Gasteiger partial charge in [0.15, 0.2) is 0 Å². The van der Waals surface area contributed by atoms with Crippen LogP contribution in [0.2, 0.25) is 0 Å². The SMILES string of the molecule is CC(C)c1cc(OS(=O)(=O)C(F)(F)F)cc(C(C)C)c1. The molecule has 0 atom stereocenters. The molecule has 7 heteroatoms. The molecule has 1 aromatic rings. The predicted octanol–water partition coefficient (Wildman–Crippen LogP) is 4.16. The average Bonchev–Trinajstić information content (AvgIpc) is 2.26. The van der Waals surface area contributed by atoms with E-state index in [4.69, 9.17) is 0 Å². The minimum absolute atomic E-state index is 0.0460. The molecule has 0 bridgehead atoms. The number of hydrogen-bond acceptors (Lipinski definition) is 3. The van der Waals surface area contributed by atoms with Crippen LogP contribution < -0.4 is 4.18 Å². The Labute approximate surface area is 116 Å². The van der Waals surface area contributed by atoms with Crippen LogP contribution in [0.25, 0.3) is 0 Å². The molecule has 0 unspecified atom stereocenters. The van der Waals surface area contributed by atoms with Gasteiger partial charge in [-0.2, -0.15) is 21.6 Å². The summed E-state index contributed by atoms with van der Waals surface area (Å²) in [6.07, 6.45) is 0. The summed E-state index contributed by atoms with van der Waals surface area (Å²) in [6, 6.07) is 4.47. The second-order valence-corrected chi connectivity index (χ2v) is 6.67. The number of alkyl halides is 3. The zero-order valence-corrected chi connectivity index (χ0v) is 12.5. The summed E-state index contributed by atoms with van der Waals surface area (Å²) in [6.45, 7) is 7.45. The fourth-order valence-electron chi connectivity index (χ4n) is 1.53. The van der Waals surface area contributed by atoms with E-state index in [0.29, 0.717) is 0 Å². The van der Waals surface area contributed by atoms with E-state index in [1.54, 1.807) is 0 Å². The van der Waals surface area contributed by atoms with Crippen LogP contribution in [-0.4, -0.2) is 13.9 Å². The molecule has 0 saturated heterocycles. The highest BCUT2D eigenvalue weighted by Gasteiger charge is 2.48.